The Labute approximate surface area is 273 Å². The molecule has 11 nitrogen and oxygen atoms in total. The molecule has 3 fully saturated rings. The largest absolute Gasteiger partial charge is 0.463 e. The number of halogens is 4. The van der Waals surface area contributed by atoms with Crippen molar-refractivity contribution in [1.82, 2.24) is 35.4 Å². The summed E-state index contributed by atoms with van der Waals surface area (Å²) in [6.07, 6.45) is 5.19. The number of benzene rings is 1. The second kappa shape index (κ2) is 11.1. The first-order chi connectivity index (χ1) is 22.5. The van der Waals surface area contributed by atoms with Gasteiger partial charge in [0, 0.05) is 54.3 Å². The van der Waals surface area contributed by atoms with E-state index >= 15 is 4.39 Å². The van der Waals surface area contributed by atoms with Crippen molar-refractivity contribution in [2.45, 2.75) is 50.0 Å². The molecule has 3 aromatic heterocycles. The van der Waals surface area contributed by atoms with Gasteiger partial charge in [-0.3, -0.25) is 10.1 Å². The molecule has 1 saturated heterocycles. The zero-order valence-electron chi connectivity index (χ0n) is 26.0. The van der Waals surface area contributed by atoms with Crippen LogP contribution in [-0.2, 0) is 4.74 Å². The number of aromatic nitrogens is 5. The van der Waals surface area contributed by atoms with Crippen molar-refractivity contribution in [1.29, 1.82) is 0 Å². The van der Waals surface area contributed by atoms with Crippen LogP contribution in [0.1, 0.15) is 43.6 Å². The highest BCUT2D eigenvalue weighted by Crippen LogP contribution is 2.61. The number of carbonyl (C=O) groups is 1. The molecule has 4 atom stereocenters. The Hall–Kier alpha value is -3.91. The molecule has 4 aromatic rings. The average molecular weight is 671 g/mol. The minimum atomic E-state index is -2.90. The molecule has 47 heavy (non-hydrogen) atoms. The van der Waals surface area contributed by atoms with Crippen LogP contribution in [0.2, 0.25) is 5.02 Å². The normalized spacial score (nSPS) is 26.6. The molecular formula is C32H34ClF3N8O3. The summed E-state index contributed by atoms with van der Waals surface area (Å²) in [6, 6.07) is 1.32. The second-order valence-electron chi connectivity index (χ2n) is 13.6. The number of fused-ring (bicyclic) bond motifs is 6. The lowest BCUT2D eigenvalue weighted by Gasteiger charge is -2.34. The number of H-pyrrole nitrogens is 1. The number of alkyl halides is 2. The van der Waals surface area contributed by atoms with Crippen LogP contribution in [0.15, 0.2) is 18.5 Å². The van der Waals surface area contributed by atoms with E-state index in [0.717, 1.165) is 18.4 Å². The SMILES string of the molecule is CN(C)C[C@]1(COc2nc3c4cnc(c(F)c4n2)-c2c(c(Cl)cc4[nH]ncc24)[C@@H]2C[C@@H]2CCOC(=O)N[C@@H]2CCCN3C2)CC1(F)F. The van der Waals surface area contributed by atoms with Crippen molar-refractivity contribution in [3.63, 3.8) is 0 Å². The highest BCUT2D eigenvalue weighted by atomic mass is 35.5. The number of nitrogens with zero attached hydrogens (tertiary/aromatic N) is 6. The van der Waals surface area contributed by atoms with Gasteiger partial charge in [0.1, 0.15) is 23.6 Å². The summed E-state index contributed by atoms with van der Waals surface area (Å²) in [4.78, 5) is 30.2. The van der Waals surface area contributed by atoms with E-state index in [4.69, 9.17) is 21.1 Å². The Bertz CT molecular complexity index is 1910. The molecule has 0 unspecified atom stereocenters. The average Bonchev–Trinajstić information content (AvgIpc) is 3.81. The predicted octanol–water partition coefficient (Wildman–Crippen LogP) is 5.53. The Morgan fingerprint density at radius 1 is 1.21 bits per heavy atom. The lowest BCUT2D eigenvalue weighted by atomic mass is 9.94. The van der Waals surface area contributed by atoms with Crippen molar-refractivity contribution in [2.75, 3.05) is 51.8 Å². The molecule has 5 aliphatic rings. The van der Waals surface area contributed by atoms with Gasteiger partial charge in [0.15, 0.2) is 5.82 Å². The number of aromatic amines is 1. The minimum absolute atomic E-state index is 0.00526. The number of nitrogens with one attached hydrogen (secondary N) is 2. The molecule has 3 aliphatic heterocycles. The van der Waals surface area contributed by atoms with E-state index in [1.54, 1.807) is 37.5 Å². The first-order valence-electron chi connectivity index (χ1n) is 15.9. The zero-order valence-corrected chi connectivity index (χ0v) is 26.7. The van der Waals surface area contributed by atoms with E-state index < -0.39 is 23.2 Å². The van der Waals surface area contributed by atoms with Gasteiger partial charge < -0.3 is 24.6 Å². The minimum Gasteiger partial charge on any atom is -0.463 e. The fourth-order valence-electron chi connectivity index (χ4n) is 7.48. The number of anilines is 1. The number of rotatable bonds is 5. The quantitative estimate of drug-likeness (QED) is 0.282. The van der Waals surface area contributed by atoms with Crippen LogP contribution in [0, 0.1) is 17.2 Å². The first kappa shape index (κ1) is 30.4. The molecule has 2 N–H and O–H groups in total. The van der Waals surface area contributed by atoms with Crippen LogP contribution >= 0.6 is 11.6 Å². The molecular weight excluding hydrogens is 637 g/mol. The third-order valence-electron chi connectivity index (χ3n) is 9.98. The Balaban J connectivity index is 1.30. The van der Waals surface area contributed by atoms with Crippen LogP contribution in [-0.4, -0.2) is 95.1 Å². The van der Waals surface area contributed by atoms with Crippen molar-refractivity contribution >= 4 is 45.3 Å². The summed E-state index contributed by atoms with van der Waals surface area (Å²) in [5, 5.41) is 11.5. The molecule has 1 amide bonds. The highest BCUT2D eigenvalue weighted by Gasteiger charge is 2.71. The van der Waals surface area contributed by atoms with Gasteiger partial charge in [-0.05, 0) is 63.2 Å². The maximum Gasteiger partial charge on any atom is 0.407 e. The van der Waals surface area contributed by atoms with Crippen molar-refractivity contribution in [2.24, 2.45) is 11.3 Å². The number of ether oxygens (including phenoxy) is 2. The highest BCUT2D eigenvalue weighted by molar-refractivity contribution is 6.33. The van der Waals surface area contributed by atoms with E-state index in [2.05, 4.69) is 30.5 Å². The Kier molecular flexibility index (Phi) is 7.17. The van der Waals surface area contributed by atoms with Crippen molar-refractivity contribution in [3.05, 3.63) is 34.9 Å². The molecule has 0 spiro atoms. The van der Waals surface area contributed by atoms with Gasteiger partial charge in [0.25, 0.3) is 5.92 Å². The molecule has 9 rings (SSSR count). The molecule has 6 heterocycles. The Morgan fingerprint density at radius 2 is 2.04 bits per heavy atom. The third kappa shape index (κ3) is 5.29. The molecule has 2 aliphatic carbocycles. The summed E-state index contributed by atoms with van der Waals surface area (Å²) in [5.74, 6) is -3.08. The van der Waals surface area contributed by atoms with E-state index in [-0.39, 0.29) is 61.3 Å². The topological polar surface area (TPSA) is 121 Å². The number of piperidine rings is 1. The first-order valence-corrected chi connectivity index (χ1v) is 16.3. The van der Waals surface area contributed by atoms with Gasteiger partial charge in [0.05, 0.1) is 29.1 Å². The molecule has 1 aromatic carbocycles. The van der Waals surface area contributed by atoms with E-state index in [9.17, 15) is 13.6 Å². The monoisotopic (exact) mass is 670 g/mol. The fourth-order valence-corrected chi connectivity index (χ4v) is 7.82. The fraction of sp³-hybridized carbons (Fsp3) is 0.531. The van der Waals surface area contributed by atoms with Crippen LogP contribution in [0.5, 0.6) is 6.01 Å². The smallest absolute Gasteiger partial charge is 0.407 e. The van der Waals surface area contributed by atoms with E-state index in [0.29, 0.717) is 58.6 Å². The van der Waals surface area contributed by atoms with E-state index in [1.165, 1.54) is 0 Å². The lowest BCUT2D eigenvalue weighted by Crippen LogP contribution is -2.48. The zero-order chi connectivity index (χ0) is 32.7. The molecule has 0 radical (unpaired) electrons. The maximum absolute atomic E-state index is 17.0. The van der Waals surface area contributed by atoms with Gasteiger partial charge in [0.2, 0.25) is 0 Å². The summed E-state index contributed by atoms with van der Waals surface area (Å²) >= 11 is 6.87. The van der Waals surface area contributed by atoms with Gasteiger partial charge in [-0.25, -0.2) is 18.0 Å². The Morgan fingerprint density at radius 3 is 2.83 bits per heavy atom. The van der Waals surface area contributed by atoms with Crippen LogP contribution in [0.25, 0.3) is 33.1 Å². The standard InChI is InChI=1S/C32H34ClF3N8O3/c1-43(2)14-31(13-32(31,35)36)15-47-29-40-26-20-10-37-27(25(26)34)24-19-11-38-42-22(19)9-21(33)23(24)18-8-16(18)5-7-46-30(45)39-17-4-3-6-44(12-17)28(20)41-29/h9-11,16-18H,3-8,12-15H2,1-2H3,(H,38,42)(H,39,45)/t16-,17+,18+,31-/m0/s1. The summed E-state index contributed by atoms with van der Waals surface area (Å²) < 4.78 is 57.7. The summed E-state index contributed by atoms with van der Waals surface area (Å²) in [6.45, 7) is 0.938. The predicted molar refractivity (Wildman–Crippen MR) is 169 cm³/mol. The molecule has 6 bridgehead atoms. The molecule has 15 heteroatoms. The van der Waals surface area contributed by atoms with Crippen LogP contribution < -0.4 is 15.0 Å². The summed E-state index contributed by atoms with van der Waals surface area (Å²) in [5.41, 5.74) is 0.493. The number of pyridine rings is 1. The number of hydrogen-bond acceptors (Lipinski definition) is 9. The van der Waals surface area contributed by atoms with Crippen LogP contribution in [0.4, 0.5) is 23.8 Å². The van der Waals surface area contributed by atoms with Gasteiger partial charge in [-0.2, -0.15) is 15.1 Å². The van der Waals surface area contributed by atoms with Crippen molar-refractivity contribution in [3.8, 4) is 17.3 Å². The van der Waals surface area contributed by atoms with Crippen LogP contribution in [0.3, 0.4) is 0 Å². The number of alkyl carbamates (subject to hydrolysis) is 1. The van der Waals surface area contributed by atoms with Crippen molar-refractivity contribution < 1.29 is 27.4 Å². The number of amides is 1. The van der Waals surface area contributed by atoms with Gasteiger partial charge in [-0.1, -0.05) is 11.6 Å². The maximum atomic E-state index is 17.0. The molecule has 248 valence electrons. The van der Waals surface area contributed by atoms with E-state index in [1.807, 2.05) is 4.90 Å². The molecule has 2 saturated carbocycles. The van der Waals surface area contributed by atoms with Gasteiger partial charge >= 0.3 is 12.1 Å². The van der Waals surface area contributed by atoms with Gasteiger partial charge in [-0.15, -0.1) is 0 Å². The third-order valence-corrected chi connectivity index (χ3v) is 10.3. The second-order valence-corrected chi connectivity index (χ2v) is 14.0. The number of carbonyl (C=O) groups excluding carboxylic acids is 1. The number of hydrogen-bond donors (Lipinski definition) is 2. The summed E-state index contributed by atoms with van der Waals surface area (Å²) in [7, 11) is 3.46. The lowest BCUT2D eigenvalue weighted by molar-refractivity contribution is 0.0288.